The quantitative estimate of drug-likeness (QED) is 0.835. The summed E-state index contributed by atoms with van der Waals surface area (Å²) in [5.41, 5.74) is 6.92. The summed E-state index contributed by atoms with van der Waals surface area (Å²) in [6.07, 6.45) is 0.882. The molecule has 0 fully saturated rings. The maximum atomic E-state index is 11.9. The van der Waals surface area contributed by atoms with Crippen molar-refractivity contribution in [3.63, 3.8) is 0 Å². The molecule has 1 rings (SSSR count). The van der Waals surface area contributed by atoms with Crippen molar-refractivity contribution in [2.45, 2.75) is 31.6 Å². The van der Waals surface area contributed by atoms with Gasteiger partial charge in [-0.05, 0) is 18.9 Å². The van der Waals surface area contributed by atoms with Crippen molar-refractivity contribution in [3.8, 4) is 0 Å². The molecular weight excluding hydrogens is 206 g/mol. The largest absolute Gasteiger partial charge is 0.327 e. The van der Waals surface area contributed by atoms with Gasteiger partial charge in [-0.25, -0.2) is 0 Å². The molecule has 0 radical (unpaired) electrons. The molecule has 3 unspecified atom stereocenters. The van der Waals surface area contributed by atoms with Crippen molar-refractivity contribution < 1.29 is 4.21 Å². The Labute approximate surface area is 94.3 Å². The molecule has 1 aromatic carbocycles. The lowest BCUT2D eigenvalue weighted by atomic mass is 10.2. The van der Waals surface area contributed by atoms with Crippen LogP contribution < -0.4 is 5.73 Å². The second-order valence-electron chi connectivity index (χ2n) is 3.77. The highest BCUT2D eigenvalue weighted by Gasteiger charge is 2.15. The first-order chi connectivity index (χ1) is 7.15. The molecule has 0 bridgehead atoms. The van der Waals surface area contributed by atoms with Crippen molar-refractivity contribution in [2.75, 3.05) is 5.75 Å². The van der Waals surface area contributed by atoms with E-state index in [1.165, 1.54) is 0 Å². The first kappa shape index (κ1) is 12.4. The molecule has 0 aliphatic heterocycles. The van der Waals surface area contributed by atoms with E-state index in [2.05, 4.69) is 0 Å². The van der Waals surface area contributed by atoms with Crippen LogP contribution in [-0.2, 0) is 10.8 Å². The summed E-state index contributed by atoms with van der Waals surface area (Å²) in [6.45, 7) is 4.02. The fourth-order valence-electron chi connectivity index (χ4n) is 1.35. The summed E-state index contributed by atoms with van der Waals surface area (Å²) in [4.78, 5) is 0. The van der Waals surface area contributed by atoms with E-state index in [0.717, 1.165) is 12.0 Å². The molecule has 0 saturated heterocycles. The van der Waals surface area contributed by atoms with Crippen molar-refractivity contribution in [3.05, 3.63) is 35.9 Å². The van der Waals surface area contributed by atoms with E-state index in [1.807, 2.05) is 44.2 Å². The third-order valence-corrected chi connectivity index (χ3v) is 4.38. The molecule has 3 atom stereocenters. The molecular formula is C12H19NOS. The lowest BCUT2D eigenvalue weighted by Gasteiger charge is -2.14. The summed E-state index contributed by atoms with van der Waals surface area (Å²) in [7, 11) is -0.871. The predicted molar refractivity (Wildman–Crippen MR) is 66.1 cm³/mol. The Morgan fingerprint density at radius 1 is 1.33 bits per heavy atom. The smallest absolute Gasteiger partial charge is 0.0569 e. The van der Waals surface area contributed by atoms with E-state index >= 15 is 0 Å². The van der Waals surface area contributed by atoms with Gasteiger partial charge in [0.2, 0.25) is 0 Å². The third kappa shape index (κ3) is 3.76. The van der Waals surface area contributed by atoms with Gasteiger partial charge in [0.15, 0.2) is 0 Å². The van der Waals surface area contributed by atoms with Gasteiger partial charge in [-0.3, -0.25) is 4.21 Å². The van der Waals surface area contributed by atoms with Gasteiger partial charge in [0.25, 0.3) is 0 Å². The monoisotopic (exact) mass is 225 g/mol. The maximum absolute atomic E-state index is 11.9. The number of benzene rings is 1. The average Bonchev–Trinajstić information content (AvgIpc) is 2.29. The van der Waals surface area contributed by atoms with Crippen LogP contribution in [0, 0.1) is 0 Å². The van der Waals surface area contributed by atoms with Crippen LogP contribution in [0.2, 0.25) is 0 Å². The van der Waals surface area contributed by atoms with Gasteiger partial charge in [-0.1, -0.05) is 37.3 Å². The Morgan fingerprint density at radius 2 is 1.93 bits per heavy atom. The number of nitrogens with two attached hydrogens (primary N) is 1. The second-order valence-corrected chi connectivity index (χ2v) is 5.57. The molecule has 2 nitrogen and oxygen atoms in total. The summed E-state index contributed by atoms with van der Waals surface area (Å²) < 4.78 is 11.9. The molecule has 0 aromatic heterocycles. The molecule has 0 aliphatic carbocycles. The highest BCUT2D eigenvalue weighted by Crippen LogP contribution is 2.19. The first-order valence-corrected chi connectivity index (χ1v) is 6.71. The van der Waals surface area contributed by atoms with E-state index in [1.54, 1.807) is 0 Å². The van der Waals surface area contributed by atoms with Crippen LogP contribution in [0.4, 0.5) is 0 Å². The van der Waals surface area contributed by atoms with Crippen molar-refractivity contribution >= 4 is 10.8 Å². The van der Waals surface area contributed by atoms with Crippen molar-refractivity contribution in [2.24, 2.45) is 5.73 Å². The molecule has 0 spiro atoms. The molecule has 0 saturated carbocycles. The third-order valence-electron chi connectivity index (χ3n) is 2.57. The lowest BCUT2D eigenvalue weighted by Crippen LogP contribution is -2.27. The van der Waals surface area contributed by atoms with E-state index in [0.29, 0.717) is 5.75 Å². The summed E-state index contributed by atoms with van der Waals surface area (Å²) >= 11 is 0. The van der Waals surface area contributed by atoms with Gasteiger partial charge in [0.1, 0.15) is 0 Å². The Hall–Kier alpha value is -0.670. The minimum atomic E-state index is -0.871. The summed E-state index contributed by atoms with van der Waals surface area (Å²) in [5, 5.41) is 0.0730. The van der Waals surface area contributed by atoms with Gasteiger partial charge in [0, 0.05) is 22.6 Å². The highest BCUT2D eigenvalue weighted by molar-refractivity contribution is 7.85. The van der Waals surface area contributed by atoms with Gasteiger partial charge in [-0.2, -0.15) is 0 Å². The van der Waals surface area contributed by atoms with Crippen LogP contribution in [0.5, 0.6) is 0 Å². The van der Waals surface area contributed by atoms with Crippen LogP contribution in [0.15, 0.2) is 30.3 Å². The number of rotatable bonds is 5. The normalized spacial score (nSPS) is 17.0. The van der Waals surface area contributed by atoms with E-state index < -0.39 is 10.8 Å². The summed E-state index contributed by atoms with van der Waals surface area (Å²) in [5.74, 6) is 0.590. The Balaban J connectivity index is 2.61. The fraction of sp³-hybridized carbons (Fsp3) is 0.500. The molecule has 3 heteroatoms. The number of hydrogen-bond donors (Lipinski definition) is 1. The van der Waals surface area contributed by atoms with Crippen LogP contribution in [0.25, 0.3) is 0 Å². The van der Waals surface area contributed by atoms with Crippen LogP contribution in [0.1, 0.15) is 31.1 Å². The predicted octanol–water partition coefficient (Wildman–Crippen LogP) is 2.23. The molecule has 1 aromatic rings. The minimum Gasteiger partial charge on any atom is -0.327 e. The lowest BCUT2D eigenvalue weighted by molar-refractivity contribution is 0.656. The zero-order chi connectivity index (χ0) is 11.3. The number of hydrogen-bond acceptors (Lipinski definition) is 2. The van der Waals surface area contributed by atoms with Crippen LogP contribution in [-0.4, -0.2) is 16.0 Å². The second kappa shape index (κ2) is 6.03. The van der Waals surface area contributed by atoms with E-state index in [9.17, 15) is 4.21 Å². The van der Waals surface area contributed by atoms with Gasteiger partial charge in [-0.15, -0.1) is 0 Å². The zero-order valence-corrected chi connectivity index (χ0v) is 10.2. The van der Waals surface area contributed by atoms with E-state index in [4.69, 9.17) is 5.73 Å². The molecule has 2 N–H and O–H groups in total. The Morgan fingerprint density at radius 3 is 2.47 bits per heavy atom. The van der Waals surface area contributed by atoms with Gasteiger partial charge < -0.3 is 5.73 Å². The summed E-state index contributed by atoms with van der Waals surface area (Å²) in [6, 6.07) is 10.00. The average molecular weight is 225 g/mol. The zero-order valence-electron chi connectivity index (χ0n) is 9.35. The van der Waals surface area contributed by atoms with E-state index in [-0.39, 0.29) is 11.3 Å². The molecule has 15 heavy (non-hydrogen) atoms. The molecule has 0 amide bonds. The van der Waals surface area contributed by atoms with Crippen molar-refractivity contribution in [1.82, 2.24) is 0 Å². The standard InChI is InChI=1S/C12H19NOS/c1-3-12(13)9-15(14)10(2)11-7-5-4-6-8-11/h4-8,10,12H,3,9,13H2,1-2H3. The molecule has 0 aliphatic rings. The fourth-order valence-corrected chi connectivity index (χ4v) is 2.76. The highest BCUT2D eigenvalue weighted by atomic mass is 32.2. The van der Waals surface area contributed by atoms with Gasteiger partial charge in [0.05, 0.1) is 5.25 Å². The molecule has 84 valence electrons. The minimum absolute atomic E-state index is 0.0528. The van der Waals surface area contributed by atoms with Gasteiger partial charge >= 0.3 is 0 Å². The van der Waals surface area contributed by atoms with Crippen LogP contribution >= 0.6 is 0 Å². The Bertz CT molecular complexity index is 313. The van der Waals surface area contributed by atoms with Crippen molar-refractivity contribution in [1.29, 1.82) is 0 Å². The maximum Gasteiger partial charge on any atom is 0.0569 e. The topological polar surface area (TPSA) is 43.1 Å². The molecule has 0 heterocycles. The Kier molecular flexibility index (Phi) is 4.99. The first-order valence-electron chi connectivity index (χ1n) is 5.32. The van der Waals surface area contributed by atoms with Crippen LogP contribution in [0.3, 0.4) is 0 Å². The SMILES string of the molecule is CCC(N)CS(=O)C(C)c1ccccc1.